The molecule has 1 amide bonds. The Labute approximate surface area is 201 Å². The Bertz CT molecular complexity index is 1400. The van der Waals surface area contributed by atoms with Crippen LogP contribution in [0.15, 0.2) is 62.9 Å². The number of anilines is 2. The zero-order valence-electron chi connectivity index (χ0n) is 19.1. The van der Waals surface area contributed by atoms with Crippen molar-refractivity contribution in [3.05, 3.63) is 70.1 Å². The number of aromatic nitrogens is 3. The van der Waals surface area contributed by atoms with Crippen molar-refractivity contribution in [3.63, 3.8) is 0 Å². The van der Waals surface area contributed by atoms with Crippen LogP contribution in [0.4, 0.5) is 11.6 Å². The van der Waals surface area contributed by atoms with E-state index in [1.54, 1.807) is 12.1 Å². The summed E-state index contributed by atoms with van der Waals surface area (Å²) in [5.41, 5.74) is 3.63. The first-order valence-electron chi connectivity index (χ1n) is 11.2. The lowest BCUT2D eigenvalue weighted by Crippen LogP contribution is -2.22. The molecule has 4 aromatic rings. The van der Waals surface area contributed by atoms with Crippen LogP contribution in [0.2, 0.25) is 0 Å². The molecule has 1 aliphatic rings. The van der Waals surface area contributed by atoms with Crippen LogP contribution in [0, 0.1) is 6.92 Å². The van der Waals surface area contributed by atoms with Gasteiger partial charge in [-0.25, -0.2) is 4.79 Å². The quantitative estimate of drug-likeness (QED) is 0.323. The van der Waals surface area contributed by atoms with E-state index in [4.69, 9.17) is 4.42 Å². The number of fused-ring (bicyclic) bond motifs is 1. The van der Waals surface area contributed by atoms with Gasteiger partial charge in [-0.05, 0) is 49.6 Å². The molecular formula is C25H25N5O3S. The van der Waals surface area contributed by atoms with Crippen molar-refractivity contribution in [2.45, 2.75) is 37.6 Å². The van der Waals surface area contributed by atoms with Gasteiger partial charge >= 0.3 is 5.63 Å². The van der Waals surface area contributed by atoms with E-state index in [0.717, 1.165) is 53.7 Å². The SMILES string of the molecule is CC(=O)Nc1ccc2c(CSc3nnc(N4CCCC4)n3-c3ccc(C)cc3)cc(=O)oc2c1. The van der Waals surface area contributed by atoms with Crippen LogP contribution in [-0.4, -0.2) is 33.8 Å². The maximum Gasteiger partial charge on any atom is 0.336 e. The maximum atomic E-state index is 12.2. The molecule has 8 nitrogen and oxygen atoms in total. The molecule has 2 aromatic heterocycles. The number of carbonyl (C=O) groups is 1. The van der Waals surface area contributed by atoms with E-state index in [-0.39, 0.29) is 5.91 Å². The van der Waals surface area contributed by atoms with Gasteiger partial charge in [0.15, 0.2) is 5.16 Å². The van der Waals surface area contributed by atoms with Gasteiger partial charge in [-0.15, -0.1) is 10.2 Å². The van der Waals surface area contributed by atoms with E-state index >= 15 is 0 Å². The lowest BCUT2D eigenvalue weighted by molar-refractivity contribution is -0.114. The molecule has 0 unspecified atom stereocenters. The summed E-state index contributed by atoms with van der Waals surface area (Å²) in [4.78, 5) is 25.9. The molecule has 34 heavy (non-hydrogen) atoms. The number of nitrogens with zero attached hydrogens (tertiary/aromatic N) is 4. The van der Waals surface area contributed by atoms with Crippen molar-refractivity contribution in [1.29, 1.82) is 0 Å². The summed E-state index contributed by atoms with van der Waals surface area (Å²) >= 11 is 1.53. The van der Waals surface area contributed by atoms with Gasteiger partial charge < -0.3 is 14.6 Å². The second-order valence-electron chi connectivity index (χ2n) is 8.42. The van der Waals surface area contributed by atoms with Gasteiger partial charge in [-0.3, -0.25) is 9.36 Å². The van der Waals surface area contributed by atoms with Crippen LogP contribution in [0.3, 0.4) is 0 Å². The molecule has 0 aliphatic carbocycles. The van der Waals surface area contributed by atoms with Crippen LogP contribution in [-0.2, 0) is 10.5 Å². The van der Waals surface area contributed by atoms with E-state index in [0.29, 0.717) is 17.0 Å². The summed E-state index contributed by atoms with van der Waals surface area (Å²) in [6, 6.07) is 15.2. The van der Waals surface area contributed by atoms with Crippen LogP contribution in [0.25, 0.3) is 16.7 Å². The molecule has 1 saturated heterocycles. The van der Waals surface area contributed by atoms with E-state index in [1.807, 2.05) is 6.07 Å². The number of hydrogen-bond acceptors (Lipinski definition) is 7. The van der Waals surface area contributed by atoms with Crippen LogP contribution >= 0.6 is 11.8 Å². The Morgan fingerprint density at radius 1 is 1.09 bits per heavy atom. The number of hydrogen-bond donors (Lipinski definition) is 1. The summed E-state index contributed by atoms with van der Waals surface area (Å²) in [6.45, 7) is 5.44. The molecule has 2 aromatic carbocycles. The van der Waals surface area contributed by atoms with Crippen molar-refractivity contribution in [1.82, 2.24) is 14.8 Å². The van der Waals surface area contributed by atoms with E-state index < -0.39 is 5.63 Å². The topological polar surface area (TPSA) is 93.3 Å². The van der Waals surface area contributed by atoms with Crippen LogP contribution < -0.4 is 15.8 Å². The average Bonchev–Trinajstić information content (AvgIpc) is 3.47. The minimum absolute atomic E-state index is 0.183. The van der Waals surface area contributed by atoms with Crippen molar-refractivity contribution in [2.75, 3.05) is 23.3 Å². The number of benzene rings is 2. The van der Waals surface area contributed by atoms with Crippen LogP contribution in [0.1, 0.15) is 30.9 Å². The molecule has 1 aliphatic heterocycles. The van der Waals surface area contributed by atoms with E-state index in [2.05, 4.69) is 56.2 Å². The molecule has 0 bridgehead atoms. The zero-order valence-corrected chi connectivity index (χ0v) is 19.9. The normalized spacial score (nSPS) is 13.5. The number of rotatable bonds is 6. The fourth-order valence-electron chi connectivity index (χ4n) is 4.17. The van der Waals surface area contributed by atoms with Gasteiger partial charge in [-0.1, -0.05) is 29.5 Å². The highest BCUT2D eigenvalue weighted by atomic mass is 32.2. The monoisotopic (exact) mass is 475 g/mol. The minimum Gasteiger partial charge on any atom is -0.423 e. The number of amides is 1. The Kier molecular flexibility index (Phi) is 6.10. The first kappa shape index (κ1) is 22.2. The average molecular weight is 476 g/mol. The second kappa shape index (κ2) is 9.34. The molecule has 1 fully saturated rings. The number of aryl methyl sites for hydroxylation is 1. The summed E-state index contributed by atoms with van der Waals surface area (Å²) in [5, 5.41) is 13.3. The molecule has 0 radical (unpaired) electrons. The molecule has 0 spiro atoms. The molecule has 174 valence electrons. The molecule has 0 atom stereocenters. The van der Waals surface area contributed by atoms with E-state index in [9.17, 15) is 9.59 Å². The molecular weight excluding hydrogens is 450 g/mol. The minimum atomic E-state index is -0.430. The summed E-state index contributed by atoms with van der Waals surface area (Å²) in [6.07, 6.45) is 2.30. The van der Waals surface area contributed by atoms with Crippen molar-refractivity contribution in [3.8, 4) is 5.69 Å². The summed E-state index contributed by atoms with van der Waals surface area (Å²) in [7, 11) is 0. The Morgan fingerprint density at radius 3 is 2.59 bits per heavy atom. The molecule has 5 rings (SSSR count). The van der Waals surface area contributed by atoms with Crippen molar-refractivity contribution >= 4 is 40.3 Å². The summed E-state index contributed by atoms with van der Waals surface area (Å²) in [5.74, 6) is 1.19. The predicted octanol–water partition coefficient (Wildman–Crippen LogP) is 4.53. The molecule has 3 heterocycles. The van der Waals surface area contributed by atoms with E-state index in [1.165, 1.54) is 30.3 Å². The Balaban J connectivity index is 1.49. The standard InChI is InChI=1S/C25H25N5O3S/c1-16-5-8-20(9-6-16)30-24(29-11-3-4-12-29)27-28-25(30)34-15-18-13-23(32)33-22-14-19(26-17(2)31)7-10-21(18)22/h5-10,13-14H,3-4,11-12,15H2,1-2H3,(H,26,31). The fraction of sp³-hybridized carbons (Fsp3) is 0.280. The fourth-order valence-corrected chi connectivity index (χ4v) is 5.11. The van der Waals surface area contributed by atoms with Gasteiger partial charge in [-0.2, -0.15) is 0 Å². The molecule has 1 N–H and O–H groups in total. The Hall–Kier alpha value is -3.59. The Morgan fingerprint density at radius 2 is 1.85 bits per heavy atom. The van der Waals surface area contributed by atoms with Crippen molar-refractivity contribution < 1.29 is 9.21 Å². The number of nitrogens with one attached hydrogen (secondary N) is 1. The second-order valence-corrected chi connectivity index (χ2v) is 9.36. The zero-order chi connectivity index (χ0) is 23.7. The van der Waals surface area contributed by atoms with Gasteiger partial charge in [0.05, 0.1) is 5.69 Å². The van der Waals surface area contributed by atoms with Gasteiger partial charge in [0.25, 0.3) is 0 Å². The number of carbonyl (C=O) groups excluding carboxylic acids is 1. The molecule has 9 heteroatoms. The summed E-state index contributed by atoms with van der Waals surface area (Å²) < 4.78 is 7.49. The highest BCUT2D eigenvalue weighted by Gasteiger charge is 2.22. The lowest BCUT2D eigenvalue weighted by atomic mass is 10.1. The molecule has 0 saturated carbocycles. The van der Waals surface area contributed by atoms with Gasteiger partial charge in [0, 0.05) is 49.0 Å². The third-order valence-electron chi connectivity index (χ3n) is 5.80. The first-order chi connectivity index (χ1) is 16.5. The largest absolute Gasteiger partial charge is 0.423 e. The number of thioether (sulfide) groups is 1. The third-order valence-corrected chi connectivity index (χ3v) is 6.78. The first-order valence-corrected chi connectivity index (χ1v) is 12.2. The van der Waals surface area contributed by atoms with Gasteiger partial charge in [0.2, 0.25) is 11.9 Å². The third kappa shape index (κ3) is 4.56. The highest BCUT2D eigenvalue weighted by Crippen LogP contribution is 2.32. The maximum absolute atomic E-state index is 12.2. The predicted molar refractivity (Wildman–Crippen MR) is 134 cm³/mol. The highest BCUT2D eigenvalue weighted by molar-refractivity contribution is 7.98. The lowest BCUT2D eigenvalue weighted by Gasteiger charge is -2.18. The van der Waals surface area contributed by atoms with Crippen LogP contribution in [0.5, 0.6) is 0 Å². The van der Waals surface area contributed by atoms with Gasteiger partial charge in [0.1, 0.15) is 5.58 Å². The van der Waals surface area contributed by atoms with Crippen molar-refractivity contribution in [2.24, 2.45) is 0 Å². The smallest absolute Gasteiger partial charge is 0.336 e.